The van der Waals surface area contributed by atoms with E-state index in [4.69, 9.17) is 17.3 Å². The van der Waals surface area contributed by atoms with Crippen molar-refractivity contribution in [3.63, 3.8) is 0 Å². The van der Waals surface area contributed by atoms with Crippen LogP contribution in [-0.2, 0) is 0 Å². The van der Waals surface area contributed by atoms with E-state index in [1.54, 1.807) is 12.1 Å². The molecular formula is C12H11ClFN3. The largest absolute Gasteiger partial charge is 0.397 e. The van der Waals surface area contributed by atoms with Crippen LogP contribution in [0.2, 0.25) is 5.02 Å². The zero-order chi connectivity index (χ0) is 12.4. The van der Waals surface area contributed by atoms with E-state index in [1.807, 2.05) is 6.92 Å². The van der Waals surface area contributed by atoms with E-state index in [2.05, 4.69) is 10.3 Å². The third-order valence-corrected chi connectivity index (χ3v) is 2.60. The summed E-state index contributed by atoms with van der Waals surface area (Å²) >= 11 is 5.97. The number of pyridine rings is 1. The maximum atomic E-state index is 13.1. The Labute approximate surface area is 103 Å². The predicted octanol–water partition coefficient (Wildman–Crippen LogP) is 3.51. The molecule has 5 heteroatoms. The smallest absolute Gasteiger partial charge is 0.149 e. The lowest BCUT2D eigenvalue weighted by Crippen LogP contribution is -1.98. The van der Waals surface area contributed by atoms with E-state index in [0.29, 0.717) is 22.2 Å². The number of hydrogen-bond donors (Lipinski definition) is 2. The highest BCUT2D eigenvalue weighted by atomic mass is 35.5. The summed E-state index contributed by atoms with van der Waals surface area (Å²) in [5.41, 5.74) is 7.56. The van der Waals surface area contributed by atoms with E-state index in [-0.39, 0.29) is 5.82 Å². The summed E-state index contributed by atoms with van der Waals surface area (Å²) in [6.07, 6.45) is 1.49. The maximum absolute atomic E-state index is 13.1. The Morgan fingerprint density at radius 2 is 2.12 bits per heavy atom. The summed E-state index contributed by atoms with van der Waals surface area (Å²) < 4.78 is 13.1. The van der Waals surface area contributed by atoms with Gasteiger partial charge in [0.25, 0.3) is 0 Å². The van der Waals surface area contributed by atoms with Gasteiger partial charge < -0.3 is 11.1 Å². The van der Waals surface area contributed by atoms with Gasteiger partial charge in [0.15, 0.2) is 0 Å². The molecule has 1 aromatic heterocycles. The highest BCUT2D eigenvalue weighted by Crippen LogP contribution is 2.26. The van der Waals surface area contributed by atoms with Crippen LogP contribution in [0.5, 0.6) is 0 Å². The minimum atomic E-state index is -0.315. The number of hydrogen-bond acceptors (Lipinski definition) is 3. The Kier molecular flexibility index (Phi) is 3.15. The van der Waals surface area contributed by atoms with Gasteiger partial charge >= 0.3 is 0 Å². The number of aryl methyl sites for hydroxylation is 1. The Balaban J connectivity index is 2.34. The molecule has 3 N–H and O–H groups in total. The number of nitrogens with one attached hydrogen (secondary N) is 1. The van der Waals surface area contributed by atoms with Crippen LogP contribution in [0.15, 0.2) is 30.5 Å². The van der Waals surface area contributed by atoms with Crippen LogP contribution in [0.1, 0.15) is 5.56 Å². The van der Waals surface area contributed by atoms with E-state index in [1.165, 1.54) is 18.3 Å². The van der Waals surface area contributed by atoms with Crippen molar-refractivity contribution in [3.8, 4) is 0 Å². The lowest BCUT2D eigenvalue weighted by molar-refractivity contribution is 0.628. The number of halogens is 2. The van der Waals surface area contributed by atoms with Crippen LogP contribution in [0.3, 0.4) is 0 Å². The average molecular weight is 252 g/mol. The quantitative estimate of drug-likeness (QED) is 0.859. The first-order valence-corrected chi connectivity index (χ1v) is 5.38. The third-order valence-electron chi connectivity index (χ3n) is 2.32. The van der Waals surface area contributed by atoms with Crippen LogP contribution in [0.4, 0.5) is 21.6 Å². The molecule has 0 saturated carbocycles. The van der Waals surface area contributed by atoms with Crippen molar-refractivity contribution in [2.75, 3.05) is 11.1 Å². The minimum absolute atomic E-state index is 0.315. The maximum Gasteiger partial charge on any atom is 0.149 e. The molecule has 0 bridgehead atoms. The molecule has 0 spiro atoms. The third kappa shape index (κ3) is 2.65. The summed E-state index contributed by atoms with van der Waals surface area (Å²) in [6, 6.07) is 6.07. The second-order valence-electron chi connectivity index (χ2n) is 3.68. The molecule has 17 heavy (non-hydrogen) atoms. The zero-order valence-electron chi connectivity index (χ0n) is 9.17. The molecule has 1 aromatic carbocycles. The summed E-state index contributed by atoms with van der Waals surface area (Å²) in [6.45, 7) is 1.87. The monoisotopic (exact) mass is 251 g/mol. The molecule has 0 saturated heterocycles. The summed E-state index contributed by atoms with van der Waals surface area (Å²) in [5.74, 6) is 0.138. The van der Waals surface area contributed by atoms with Gasteiger partial charge in [-0.1, -0.05) is 17.7 Å². The standard InChI is InChI=1S/C12H11ClFN3/c1-7-2-3-8(14)4-11(7)17-12-10(13)5-9(15)6-16-12/h2-6H,15H2,1H3,(H,16,17). The topological polar surface area (TPSA) is 50.9 Å². The SMILES string of the molecule is Cc1ccc(F)cc1Nc1ncc(N)cc1Cl. The van der Waals surface area contributed by atoms with Gasteiger partial charge in [0.2, 0.25) is 0 Å². The number of rotatable bonds is 2. The summed E-state index contributed by atoms with van der Waals surface area (Å²) in [7, 11) is 0. The lowest BCUT2D eigenvalue weighted by Gasteiger charge is -2.10. The molecule has 3 nitrogen and oxygen atoms in total. The Morgan fingerprint density at radius 1 is 1.35 bits per heavy atom. The average Bonchev–Trinajstić information content (AvgIpc) is 2.27. The van der Waals surface area contributed by atoms with Gasteiger partial charge in [0, 0.05) is 5.69 Å². The summed E-state index contributed by atoms with van der Waals surface area (Å²) in [4.78, 5) is 4.05. The molecule has 0 unspecified atom stereocenters. The van der Waals surface area contributed by atoms with E-state index < -0.39 is 0 Å². The molecule has 88 valence electrons. The van der Waals surface area contributed by atoms with Gasteiger partial charge in [-0.25, -0.2) is 9.37 Å². The number of nitrogens with zero attached hydrogens (tertiary/aromatic N) is 1. The van der Waals surface area contributed by atoms with Crippen molar-refractivity contribution in [1.29, 1.82) is 0 Å². The Hall–Kier alpha value is -1.81. The first-order chi connectivity index (χ1) is 8.06. The number of benzene rings is 1. The molecule has 2 aromatic rings. The van der Waals surface area contributed by atoms with Crippen LogP contribution < -0.4 is 11.1 Å². The van der Waals surface area contributed by atoms with Crippen LogP contribution in [0.25, 0.3) is 0 Å². The molecule has 0 aliphatic rings. The predicted molar refractivity (Wildman–Crippen MR) is 68.1 cm³/mol. The van der Waals surface area contributed by atoms with E-state index in [9.17, 15) is 4.39 Å². The fraction of sp³-hybridized carbons (Fsp3) is 0.0833. The van der Waals surface area contributed by atoms with Crippen molar-refractivity contribution < 1.29 is 4.39 Å². The molecule has 0 amide bonds. The molecule has 1 heterocycles. The molecule has 2 rings (SSSR count). The Bertz CT molecular complexity index is 557. The van der Waals surface area contributed by atoms with Crippen LogP contribution in [0, 0.1) is 12.7 Å². The summed E-state index contributed by atoms with van der Waals surface area (Å²) in [5, 5.41) is 3.37. The van der Waals surface area contributed by atoms with Gasteiger partial charge in [-0.2, -0.15) is 0 Å². The molecular weight excluding hydrogens is 241 g/mol. The van der Waals surface area contributed by atoms with Crippen LogP contribution in [-0.4, -0.2) is 4.98 Å². The molecule has 0 radical (unpaired) electrons. The van der Waals surface area contributed by atoms with Gasteiger partial charge in [-0.15, -0.1) is 0 Å². The number of nitrogen functional groups attached to an aromatic ring is 1. The highest BCUT2D eigenvalue weighted by Gasteiger charge is 2.05. The van der Waals surface area contributed by atoms with Crippen molar-refractivity contribution >= 4 is 28.8 Å². The van der Waals surface area contributed by atoms with Gasteiger partial charge in [0.05, 0.1) is 16.9 Å². The van der Waals surface area contributed by atoms with E-state index in [0.717, 1.165) is 5.56 Å². The molecule has 0 aliphatic heterocycles. The number of nitrogens with two attached hydrogens (primary N) is 1. The Morgan fingerprint density at radius 3 is 2.82 bits per heavy atom. The molecule has 0 fully saturated rings. The molecule has 0 aliphatic carbocycles. The van der Waals surface area contributed by atoms with E-state index >= 15 is 0 Å². The van der Waals surface area contributed by atoms with Crippen molar-refractivity contribution in [1.82, 2.24) is 4.98 Å². The lowest BCUT2D eigenvalue weighted by atomic mass is 10.2. The van der Waals surface area contributed by atoms with Gasteiger partial charge in [-0.05, 0) is 30.7 Å². The van der Waals surface area contributed by atoms with Crippen molar-refractivity contribution in [2.24, 2.45) is 0 Å². The second kappa shape index (κ2) is 4.59. The fourth-order valence-electron chi connectivity index (χ4n) is 1.40. The zero-order valence-corrected chi connectivity index (χ0v) is 9.92. The van der Waals surface area contributed by atoms with Crippen molar-refractivity contribution in [3.05, 3.63) is 46.9 Å². The molecule has 0 atom stereocenters. The number of aromatic nitrogens is 1. The highest BCUT2D eigenvalue weighted by molar-refractivity contribution is 6.33. The van der Waals surface area contributed by atoms with Crippen LogP contribution >= 0.6 is 11.6 Å². The van der Waals surface area contributed by atoms with Gasteiger partial charge in [-0.3, -0.25) is 0 Å². The van der Waals surface area contributed by atoms with Crippen molar-refractivity contribution in [2.45, 2.75) is 6.92 Å². The van der Waals surface area contributed by atoms with Gasteiger partial charge in [0.1, 0.15) is 11.6 Å². The normalized spacial score (nSPS) is 10.3. The minimum Gasteiger partial charge on any atom is -0.397 e. The second-order valence-corrected chi connectivity index (χ2v) is 4.09. The first kappa shape index (κ1) is 11.7. The fourth-order valence-corrected chi connectivity index (χ4v) is 1.62. The number of anilines is 3. The first-order valence-electron chi connectivity index (χ1n) is 5.00.